The first-order valence-electron chi connectivity index (χ1n) is 1.49. The predicted molar refractivity (Wildman–Crippen MR) is 38.1 cm³/mol. The summed E-state index contributed by atoms with van der Waals surface area (Å²) in [5.41, 5.74) is 0. The second kappa shape index (κ2) is 9.46. The summed E-state index contributed by atoms with van der Waals surface area (Å²) in [6.07, 6.45) is 0. The summed E-state index contributed by atoms with van der Waals surface area (Å²) in [5.74, 6) is 0. The third kappa shape index (κ3) is 67.9. The van der Waals surface area contributed by atoms with Crippen molar-refractivity contribution in [2.24, 2.45) is 0 Å². The van der Waals surface area contributed by atoms with Gasteiger partial charge < -0.3 is 0 Å². The van der Waals surface area contributed by atoms with Crippen LogP contribution in [0.15, 0.2) is 0 Å². The minimum absolute atomic E-state index is 0. The van der Waals surface area contributed by atoms with Crippen molar-refractivity contribution in [3.8, 4) is 0 Å². The topological polar surface area (TPSA) is 0 Å². The van der Waals surface area contributed by atoms with Gasteiger partial charge in [-0.1, -0.05) is 0 Å². The average Bonchev–Trinajstić information content (AvgIpc) is 0.811. The van der Waals surface area contributed by atoms with E-state index in [0.717, 1.165) is 4.71 Å². The van der Waals surface area contributed by atoms with Gasteiger partial charge in [-0.2, -0.15) is 0 Å². The Bertz CT molecular complexity index is 13.5. The fraction of sp³-hybridized carbons (Fsp3) is 1.00. The Morgan fingerprint density at radius 2 is 1.17 bits per heavy atom. The SMILES string of the molecule is CC(C)[AsH2].Cl.Cl. The van der Waals surface area contributed by atoms with Crippen molar-refractivity contribution < 1.29 is 0 Å². The first-order chi connectivity index (χ1) is 1.73. The average molecular weight is 193 g/mol. The number of hydrogen-bond donors (Lipinski definition) is 0. The normalized spacial score (nSPS) is 6.00. The van der Waals surface area contributed by atoms with Crippen LogP contribution < -0.4 is 0 Å². The molecule has 1 atom stereocenters. The summed E-state index contributed by atoms with van der Waals surface area (Å²) in [6.45, 7) is 4.39. The molecule has 0 radical (unpaired) electrons. The van der Waals surface area contributed by atoms with E-state index in [2.05, 4.69) is 13.8 Å². The van der Waals surface area contributed by atoms with Crippen LogP contribution in [-0.2, 0) is 0 Å². The molecule has 0 N–H and O–H groups in total. The van der Waals surface area contributed by atoms with Crippen molar-refractivity contribution >= 4 is 41.7 Å². The Balaban J connectivity index is -0.0000000450. The zero-order valence-corrected chi connectivity index (χ0v) is 8.03. The van der Waals surface area contributed by atoms with Crippen molar-refractivity contribution in [2.75, 3.05) is 0 Å². The predicted octanol–water partition coefficient (Wildman–Crippen LogP) is 1.29. The van der Waals surface area contributed by atoms with Gasteiger partial charge in [-0.05, 0) is 0 Å². The van der Waals surface area contributed by atoms with Gasteiger partial charge in [0.1, 0.15) is 0 Å². The molecule has 0 saturated heterocycles. The molecule has 0 spiro atoms. The summed E-state index contributed by atoms with van der Waals surface area (Å²) in [7, 11) is 0. The van der Waals surface area contributed by atoms with E-state index in [1.165, 1.54) is 0 Å². The molecule has 0 aromatic carbocycles. The van der Waals surface area contributed by atoms with Crippen LogP contribution in [0.5, 0.6) is 0 Å². The van der Waals surface area contributed by atoms with Gasteiger partial charge >= 0.3 is 35.4 Å². The van der Waals surface area contributed by atoms with Gasteiger partial charge in [-0.3, -0.25) is 0 Å². The summed E-state index contributed by atoms with van der Waals surface area (Å²) in [4.78, 5) is 0. The van der Waals surface area contributed by atoms with Gasteiger partial charge in [0, 0.05) is 0 Å². The second-order valence-electron chi connectivity index (χ2n) is 1.24. The summed E-state index contributed by atoms with van der Waals surface area (Å²) in [6, 6.07) is 0. The molecule has 0 aliphatic heterocycles. The van der Waals surface area contributed by atoms with Gasteiger partial charge in [0.15, 0.2) is 0 Å². The molecule has 0 bridgehead atoms. The van der Waals surface area contributed by atoms with Gasteiger partial charge in [0.2, 0.25) is 0 Å². The van der Waals surface area contributed by atoms with E-state index in [9.17, 15) is 0 Å². The molecule has 3 heteroatoms. The van der Waals surface area contributed by atoms with Crippen molar-refractivity contribution in [2.45, 2.75) is 18.6 Å². The van der Waals surface area contributed by atoms with E-state index < -0.39 is 0 Å². The van der Waals surface area contributed by atoms with Crippen LogP contribution >= 0.6 is 24.8 Å². The first kappa shape index (κ1) is 15.7. The summed E-state index contributed by atoms with van der Waals surface area (Å²) in [5, 5.41) is 0. The molecule has 0 aliphatic rings. The van der Waals surface area contributed by atoms with E-state index in [4.69, 9.17) is 0 Å². The minimum atomic E-state index is 0. The van der Waals surface area contributed by atoms with Crippen LogP contribution in [0, 0.1) is 0 Å². The summed E-state index contributed by atoms with van der Waals surface area (Å²) >= 11 is 1.80. The fourth-order valence-corrected chi connectivity index (χ4v) is 0. The maximum Gasteiger partial charge on any atom is -0.147 e. The third-order valence-electron chi connectivity index (χ3n) is 0. The summed E-state index contributed by atoms with van der Waals surface area (Å²) < 4.78 is 0.896. The molecule has 0 aliphatic carbocycles. The number of rotatable bonds is 0. The zero-order valence-electron chi connectivity index (χ0n) is 3.97. The maximum atomic E-state index is 2.19. The molecule has 6 heavy (non-hydrogen) atoms. The smallest absolute Gasteiger partial charge is 0.147 e. The number of halogens is 2. The van der Waals surface area contributed by atoms with Crippen molar-refractivity contribution in [3.05, 3.63) is 0 Å². The Morgan fingerprint density at radius 1 is 1.17 bits per heavy atom. The number of hydrogen-bond acceptors (Lipinski definition) is 0. The van der Waals surface area contributed by atoms with Crippen LogP contribution in [-0.4, -0.2) is 16.9 Å². The monoisotopic (exact) mass is 192 g/mol. The van der Waals surface area contributed by atoms with Gasteiger partial charge in [0.25, 0.3) is 0 Å². The van der Waals surface area contributed by atoms with Crippen LogP contribution in [0.3, 0.4) is 0 Å². The van der Waals surface area contributed by atoms with Crippen LogP contribution in [0.4, 0.5) is 0 Å². The molecular weight excluding hydrogens is 182 g/mol. The van der Waals surface area contributed by atoms with Crippen molar-refractivity contribution in [1.82, 2.24) is 0 Å². The van der Waals surface area contributed by atoms with Crippen LogP contribution in [0.25, 0.3) is 0 Å². The Hall–Kier alpha value is 1.14. The van der Waals surface area contributed by atoms with E-state index in [1.54, 1.807) is 16.9 Å². The Morgan fingerprint density at radius 3 is 1.17 bits per heavy atom. The molecule has 1 unspecified atom stereocenters. The van der Waals surface area contributed by atoms with E-state index >= 15 is 0 Å². The van der Waals surface area contributed by atoms with Crippen molar-refractivity contribution in [1.29, 1.82) is 0 Å². The molecule has 0 rings (SSSR count). The largest absolute Gasteiger partial charge is 0.147 e. The minimum Gasteiger partial charge on any atom is -0.147 e. The first-order valence-corrected chi connectivity index (χ1v) is 2.89. The van der Waals surface area contributed by atoms with Gasteiger partial charge in [-0.25, -0.2) is 0 Å². The molecule has 0 amide bonds. The standard InChI is InChI=1S/C3H9As.2ClH/c1-3(2)4;;/h3H,4H2,1-2H3;2*1H. The Labute approximate surface area is 60.4 Å². The van der Waals surface area contributed by atoms with Crippen LogP contribution in [0.1, 0.15) is 13.8 Å². The second-order valence-corrected chi connectivity index (χ2v) is 4.04. The van der Waals surface area contributed by atoms with Gasteiger partial charge in [-0.15, -0.1) is 24.8 Å². The molecule has 0 aromatic rings. The third-order valence-corrected chi connectivity index (χ3v) is 0. The Kier molecular flexibility index (Phi) is 24.8. The maximum absolute atomic E-state index is 2.19. The molecule has 0 saturated carbocycles. The van der Waals surface area contributed by atoms with E-state index in [0.29, 0.717) is 0 Å². The molecular formula is C3H11AsCl2. The molecule has 0 nitrogen and oxygen atoms in total. The van der Waals surface area contributed by atoms with E-state index in [1.807, 2.05) is 0 Å². The fourth-order valence-electron chi connectivity index (χ4n) is 0. The van der Waals surface area contributed by atoms with E-state index in [-0.39, 0.29) is 24.8 Å². The molecule has 42 valence electrons. The quantitative estimate of drug-likeness (QED) is 0.508. The van der Waals surface area contributed by atoms with Crippen LogP contribution in [0.2, 0.25) is 4.71 Å². The van der Waals surface area contributed by atoms with Gasteiger partial charge in [0.05, 0.1) is 0 Å². The molecule has 0 fully saturated rings. The molecule has 0 heterocycles. The molecule has 0 aromatic heterocycles. The zero-order chi connectivity index (χ0) is 3.58. The van der Waals surface area contributed by atoms with Crippen molar-refractivity contribution in [3.63, 3.8) is 0 Å².